The summed E-state index contributed by atoms with van der Waals surface area (Å²) in [5, 5.41) is 0. The van der Waals surface area contributed by atoms with Gasteiger partial charge in [-0.05, 0) is 30.2 Å². The lowest BCUT2D eigenvalue weighted by molar-refractivity contribution is -0.362. The molecule has 3 heterocycles. The molecule has 2 aliphatic rings. The second kappa shape index (κ2) is 6.99. The Bertz CT molecular complexity index is 1010. The molecule has 0 N–H and O–H groups in total. The number of rotatable bonds is 5. The highest BCUT2D eigenvalue weighted by atomic mass is 19.2. The molecule has 136 valence electrons. The van der Waals surface area contributed by atoms with Crippen molar-refractivity contribution in [2.24, 2.45) is 0 Å². The van der Waals surface area contributed by atoms with Gasteiger partial charge >= 0.3 is 6.97 Å². The van der Waals surface area contributed by atoms with E-state index >= 15 is 8.63 Å². The van der Waals surface area contributed by atoms with Crippen LogP contribution < -0.4 is 0 Å². The maximum Gasteiger partial charge on any atom is 0.737 e. The van der Waals surface area contributed by atoms with E-state index in [9.17, 15) is 0 Å². The van der Waals surface area contributed by atoms with E-state index in [1.807, 2.05) is 61.6 Å². The molecule has 2 aromatic rings. The van der Waals surface area contributed by atoms with Crippen molar-refractivity contribution in [3.05, 3.63) is 89.4 Å². The number of hydrogen-bond donors (Lipinski definition) is 0. The van der Waals surface area contributed by atoms with Crippen molar-refractivity contribution >= 4 is 30.9 Å². The maximum absolute atomic E-state index is 15.4. The van der Waals surface area contributed by atoms with Crippen molar-refractivity contribution in [2.45, 2.75) is 19.8 Å². The molecule has 2 nitrogen and oxygen atoms in total. The molecule has 0 saturated heterocycles. The number of nitrogens with zero attached hydrogens (tertiary/aromatic N) is 2. The maximum atomic E-state index is 15.4. The van der Waals surface area contributed by atoms with Crippen molar-refractivity contribution in [3.8, 4) is 0 Å². The zero-order valence-electron chi connectivity index (χ0n) is 15.2. The van der Waals surface area contributed by atoms with Crippen LogP contribution >= 0.6 is 0 Å². The fourth-order valence-corrected chi connectivity index (χ4v) is 3.71. The molecule has 0 atom stereocenters. The van der Waals surface area contributed by atoms with Crippen LogP contribution in [0.3, 0.4) is 0 Å². The third kappa shape index (κ3) is 3.14. The van der Waals surface area contributed by atoms with Crippen LogP contribution in [-0.4, -0.2) is 21.6 Å². The second-order valence-corrected chi connectivity index (χ2v) is 6.78. The molecule has 0 unspecified atom stereocenters. The zero-order valence-corrected chi connectivity index (χ0v) is 15.2. The Hall–Kier alpha value is -2.95. The molecule has 1 aromatic carbocycles. The van der Waals surface area contributed by atoms with Crippen LogP contribution in [0.5, 0.6) is 0 Å². The van der Waals surface area contributed by atoms with Crippen molar-refractivity contribution in [1.82, 2.24) is 4.48 Å². The van der Waals surface area contributed by atoms with Crippen LogP contribution in [-0.2, 0) is 0 Å². The van der Waals surface area contributed by atoms with E-state index in [1.165, 1.54) is 8.96 Å². The summed E-state index contributed by atoms with van der Waals surface area (Å²) in [5.74, 6) is 0. The lowest BCUT2D eigenvalue weighted by atomic mass is 9.90. The van der Waals surface area contributed by atoms with Gasteiger partial charge in [0.05, 0.1) is 0 Å². The van der Waals surface area contributed by atoms with Crippen molar-refractivity contribution < 1.29 is 13.1 Å². The topological polar surface area (TPSA) is 7.94 Å². The predicted octanol–water partition coefficient (Wildman–Crippen LogP) is 5.62. The van der Waals surface area contributed by atoms with Gasteiger partial charge in [-0.2, -0.15) is 0 Å². The smallest absolute Gasteiger partial charge is 0.390 e. The third-order valence-corrected chi connectivity index (χ3v) is 4.90. The van der Waals surface area contributed by atoms with E-state index in [2.05, 4.69) is 0 Å². The van der Waals surface area contributed by atoms with Crippen LogP contribution in [0.15, 0.2) is 72.5 Å². The summed E-state index contributed by atoms with van der Waals surface area (Å²) in [6.45, 7) is -1.90. The average Bonchev–Trinajstić information content (AvgIpc) is 3.26. The molecule has 0 bridgehead atoms. The summed E-state index contributed by atoms with van der Waals surface area (Å²) in [5.41, 5.74) is 3.38. The van der Waals surface area contributed by atoms with Gasteiger partial charge in [-0.25, -0.2) is 0 Å². The van der Waals surface area contributed by atoms with E-state index in [1.54, 1.807) is 30.4 Å². The number of fused-ring (bicyclic) bond motifs is 2. The predicted molar refractivity (Wildman–Crippen MR) is 110 cm³/mol. The Kier molecular flexibility index (Phi) is 4.52. The van der Waals surface area contributed by atoms with Crippen molar-refractivity contribution in [3.63, 3.8) is 0 Å². The molecule has 4 rings (SSSR count). The second-order valence-electron chi connectivity index (χ2n) is 6.78. The highest BCUT2D eigenvalue weighted by Gasteiger charge is 2.51. The molecular weight excluding hydrogens is 341 g/mol. The minimum atomic E-state index is -3.90. The van der Waals surface area contributed by atoms with E-state index in [0.717, 1.165) is 12.0 Å². The monoisotopic (exact) mass is 362 g/mol. The van der Waals surface area contributed by atoms with Crippen molar-refractivity contribution in [1.29, 1.82) is 0 Å². The summed E-state index contributed by atoms with van der Waals surface area (Å²) in [4.78, 5) is 0. The number of halogens is 2. The largest absolute Gasteiger partial charge is 0.737 e. The Balaban J connectivity index is 1.66. The summed E-state index contributed by atoms with van der Waals surface area (Å²) in [7, 11) is 0. The zero-order chi connectivity index (χ0) is 18.9. The van der Waals surface area contributed by atoms with E-state index in [-0.39, 0.29) is 0 Å². The molecule has 1 aromatic heterocycles. The lowest BCUT2D eigenvalue weighted by Crippen LogP contribution is -2.50. The van der Waals surface area contributed by atoms with Crippen molar-refractivity contribution in [2.75, 3.05) is 0 Å². The van der Waals surface area contributed by atoms with Gasteiger partial charge in [0.25, 0.3) is 0 Å². The SMILES string of the molecule is CCCC1=[N+]2C(=Cc3ccc(/C=C/C=C/c4ccccc4)n3[B-]2(F)F)C=C1. The molecule has 5 heteroatoms. The van der Waals surface area contributed by atoms with Gasteiger partial charge in [-0.15, -0.1) is 0 Å². The summed E-state index contributed by atoms with van der Waals surface area (Å²) >= 11 is 0. The molecule has 0 aliphatic carbocycles. The molecule has 0 fully saturated rings. The molecule has 0 amide bonds. The number of benzene rings is 1. The Morgan fingerprint density at radius 2 is 1.78 bits per heavy atom. The molecule has 0 spiro atoms. The highest BCUT2D eigenvalue weighted by Crippen LogP contribution is 2.33. The van der Waals surface area contributed by atoms with Crippen LogP contribution in [0.2, 0.25) is 0 Å². The van der Waals surface area contributed by atoms with Gasteiger partial charge in [-0.1, -0.05) is 55.5 Å². The highest BCUT2D eigenvalue weighted by molar-refractivity contribution is 6.58. The molecule has 0 saturated carbocycles. The van der Waals surface area contributed by atoms with Gasteiger partial charge in [0.2, 0.25) is 0 Å². The minimum Gasteiger partial charge on any atom is -0.390 e. The number of hydrogen-bond acceptors (Lipinski definition) is 0. The Morgan fingerprint density at radius 3 is 2.56 bits per heavy atom. The first kappa shape index (κ1) is 17.5. The molecule has 0 radical (unpaired) electrons. The normalized spacial score (nSPS) is 17.7. The quantitative estimate of drug-likeness (QED) is 0.482. The van der Waals surface area contributed by atoms with E-state index < -0.39 is 6.97 Å². The Labute approximate surface area is 158 Å². The summed E-state index contributed by atoms with van der Waals surface area (Å²) in [6.07, 6.45) is 14.3. The van der Waals surface area contributed by atoms with E-state index in [0.29, 0.717) is 29.2 Å². The lowest BCUT2D eigenvalue weighted by Gasteiger charge is -2.30. The number of allylic oxidation sites excluding steroid dienone is 4. The summed E-state index contributed by atoms with van der Waals surface area (Å²) < 4.78 is 33.2. The standard InChI is InChI=1S/C22H21BF2N2/c1-2-8-19-13-15-21-17-22-16-14-20(27(22)23(24,25)26(19)21)12-7-6-11-18-9-4-3-5-10-18/h3-7,9-17H,2,8H2,1H3/b11-6+,12-7+. The van der Waals surface area contributed by atoms with Gasteiger partial charge in [0.1, 0.15) is 5.71 Å². The van der Waals surface area contributed by atoms with Crippen LogP contribution in [0, 0.1) is 0 Å². The fraction of sp³-hybridized carbons (Fsp3) is 0.136. The number of aromatic nitrogens is 1. The minimum absolute atomic E-state index is 0.505. The third-order valence-electron chi connectivity index (χ3n) is 4.90. The van der Waals surface area contributed by atoms with Crippen LogP contribution in [0.1, 0.15) is 36.7 Å². The van der Waals surface area contributed by atoms with Gasteiger partial charge < -0.3 is 17.6 Å². The van der Waals surface area contributed by atoms with Gasteiger partial charge in [0.15, 0.2) is 5.70 Å². The van der Waals surface area contributed by atoms with Gasteiger partial charge in [0, 0.05) is 36.0 Å². The molecular formula is C22H21BF2N2. The first-order valence-electron chi connectivity index (χ1n) is 9.29. The van der Waals surface area contributed by atoms with E-state index in [4.69, 9.17) is 0 Å². The van der Waals surface area contributed by atoms with Crippen LogP contribution in [0.4, 0.5) is 8.63 Å². The average molecular weight is 362 g/mol. The van der Waals surface area contributed by atoms with Crippen LogP contribution in [0.25, 0.3) is 18.2 Å². The Morgan fingerprint density at radius 1 is 1.00 bits per heavy atom. The first-order valence-corrected chi connectivity index (χ1v) is 9.29. The molecule has 27 heavy (non-hydrogen) atoms. The first-order chi connectivity index (χ1) is 13.1. The van der Waals surface area contributed by atoms with Gasteiger partial charge in [-0.3, -0.25) is 0 Å². The summed E-state index contributed by atoms with van der Waals surface area (Å²) in [6, 6.07) is 13.4. The fourth-order valence-electron chi connectivity index (χ4n) is 3.71. The molecule has 2 aliphatic heterocycles.